The molecule has 12 heavy (non-hydrogen) atoms. The first-order valence-corrected chi connectivity index (χ1v) is 3.60. The lowest BCUT2D eigenvalue weighted by atomic mass is 10.2. The zero-order valence-corrected chi connectivity index (χ0v) is 6.55. The number of allylic oxidation sites excluding steroid dienone is 1. The van der Waals surface area contributed by atoms with E-state index in [9.17, 15) is 4.79 Å². The van der Waals surface area contributed by atoms with Gasteiger partial charge in [0.25, 0.3) is 0 Å². The maximum absolute atomic E-state index is 11.0. The minimum atomic E-state index is -0.307. The number of hydrogen-bond donors (Lipinski definition) is 0. The lowest BCUT2D eigenvalue weighted by Gasteiger charge is -1.90. The van der Waals surface area contributed by atoms with Gasteiger partial charge in [-0.1, -0.05) is 5.73 Å². The summed E-state index contributed by atoms with van der Waals surface area (Å²) >= 11 is 0. The van der Waals surface area contributed by atoms with E-state index in [2.05, 4.69) is 11.5 Å². The highest BCUT2D eigenvalue weighted by Gasteiger charge is 1.96. The Labute approximate surface area is 68.5 Å². The number of rotatable bonds is 0. The summed E-state index contributed by atoms with van der Waals surface area (Å²) in [6.45, 7) is 1.72. The van der Waals surface area contributed by atoms with Crippen LogP contribution in [0.5, 0.6) is 0 Å². The van der Waals surface area contributed by atoms with Crippen molar-refractivity contribution in [2.75, 3.05) is 0 Å². The molecule has 0 aromatic carbocycles. The van der Waals surface area contributed by atoms with Gasteiger partial charge in [-0.2, -0.15) is 0 Å². The van der Waals surface area contributed by atoms with Crippen LogP contribution in [0.2, 0.25) is 0 Å². The molecule has 0 amide bonds. The van der Waals surface area contributed by atoms with Crippen LogP contribution in [0, 0.1) is 6.92 Å². The Balaban J connectivity index is 3.11. The van der Waals surface area contributed by atoms with Gasteiger partial charge in [0, 0.05) is 10.8 Å². The van der Waals surface area contributed by atoms with E-state index in [1.165, 1.54) is 0 Å². The summed E-state index contributed by atoms with van der Waals surface area (Å²) in [5, 5.41) is 0.880. The number of hydrogen-bond acceptors (Lipinski definition) is 2. The second-order valence-corrected chi connectivity index (χ2v) is 2.60. The minimum Gasteiger partial charge on any atom is -0.413 e. The third-order valence-corrected chi connectivity index (χ3v) is 1.68. The van der Waals surface area contributed by atoms with Crippen molar-refractivity contribution in [1.82, 2.24) is 0 Å². The molecule has 1 heterocycles. The van der Waals surface area contributed by atoms with Gasteiger partial charge in [0.05, 0.1) is 0 Å². The van der Waals surface area contributed by atoms with Crippen LogP contribution in [0.4, 0.5) is 0 Å². The average molecular weight is 158 g/mol. The molecule has 2 heteroatoms. The fraction of sp³-hybridized carbons (Fsp3) is 0.100. The van der Waals surface area contributed by atoms with Crippen LogP contribution in [-0.4, -0.2) is 0 Å². The first kappa shape index (κ1) is 6.93. The number of aryl methyl sites for hydroxylation is 1. The van der Waals surface area contributed by atoms with Crippen LogP contribution in [0.25, 0.3) is 11.8 Å². The fourth-order valence-electron chi connectivity index (χ4n) is 1.05. The van der Waals surface area contributed by atoms with Crippen LogP contribution in [-0.2, 0) is 0 Å². The summed E-state index contributed by atoms with van der Waals surface area (Å²) in [7, 11) is 0. The molecule has 0 saturated heterocycles. The first-order chi connectivity index (χ1) is 5.77. The molecular weight excluding hydrogens is 152 g/mol. The molecule has 0 N–H and O–H groups in total. The highest BCUT2D eigenvalue weighted by atomic mass is 16.4. The number of fused-ring (bicyclic) bond motifs is 1. The second-order valence-electron chi connectivity index (χ2n) is 2.60. The van der Waals surface area contributed by atoms with Gasteiger partial charge in [-0.3, -0.25) is 0 Å². The molecule has 1 aliphatic rings. The summed E-state index contributed by atoms with van der Waals surface area (Å²) in [4.78, 5) is 11.0. The van der Waals surface area contributed by atoms with Crippen LogP contribution in [0.1, 0.15) is 5.56 Å². The van der Waals surface area contributed by atoms with E-state index < -0.39 is 0 Å². The van der Waals surface area contributed by atoms with Crippen LogP contribution >= 0.6 is 0 Å². The Morgan fingerprint density at radius 2 is 2.33 bits per heavy atom. The molecule has 0 unspecified atom stereocenters. The normalized spacial score (nSPS) is 11.8. The maximum Gasteiger partial charge on any atom is 0.339 e. The monoisotopic (exact) mass is 158 g/mol. The molecule has 1 aromatic rings. The molecule has 0 radical (unpaired) electrons. The zero-order valence-electron chi connectivity index (χ0n) is 6.55. The van der Waals surface area contributed by atoms with Gasteiger partial charge < -0.3 is 4.42 Å². The molecule has 0 bridgehead atoms. The predicted molar refractivity (Wildman–Crippen MR) is 44.9 cm³/mol. The van der Waals surface area contributed by atoms with Crippen molar-refractivity contribution in [3.63, 3.8) is 0 Å². The SMILES string of the molecule is Cc1cc2c(oc1=O)=C=C=CC=2. The fourth-order valence-corrected chi connectivity index (χ4v) is 1.05. The summed E-state index contributed by atoms with van der Waals surface area (Å²) < 4.78 is 4.95. The van der Waals surface area contributed by atoms with Crippen molar-refractivity contribution in [1.29, 1.82) is 0 Å². The van der Waals surface area contributed by atoms with Gasteiger partial charge in [0.2, 0.25) is 0 Å². The topological polar surface area (TPSA) is 30.2 Å². The lowest BCUT2D eigenvalue weighted by molar-refractivity contribution is 0.469. The van der Waals surface area contributed by atoms with E-state index in [1.807, 2.05) is 6.08 Å². The van der Waals surface area contributed by atoms with Crippen LogP contribution in [0.15, 0.2) is 27.1 Å². The second kappa shape index (κ2) is 2.38. The van der Waals surface area contributed by atoms with Gasteiger partial charge in [-0.05, 0) is 30.9 Å². The third kappa shape index (κ3) is 0.960. The average Bonchev–Trinajstić information content (AvgIpc) is 2.07. The van der Waals surface area contributed by atoms with Gasteiger partial charge in [0.1, 0.15) is 0 Å². The van der Waals surface area contributed by atoms with E-state index in [0.717, 1.165) is 5.22 Å². The minimum absolute atomic E-state index is 0.307. The molecule has 0 aliphatic heterocycles. The van der Waals surface area contributed by atoms with E-state index >= 15 is 0 Å². The molecule has 0 spiro atoms. The van der Waals surface area contributed by atoms with E-state index in [4.69, 9.17) is 4.42 Å². The maximum atomic E-state index is 11.0. The summed E-state index contributed by atoms with van der Waals surface area (Å²) in [5.41, 5.74) is 6.22. The highest BCUT2D eigenvalue weighted by molar-refractivity contribution is 5.42. The lowest BCUT2D eigenvalue weighted by Crippen LogP contribution is -2.29. The molecule has 0 fully saturated rings. The van der Waals surface area contributed by atoms with Gasteiger partial charge in [-0.15, -0.1) is 0 Å². The van der Waals surface area contributed by atoms with Crippen molar-refractivity contribution < 1.29 is 4.42 Å². The smallest absolute Gasteiger partial charge is 0.339 e. The Bertz CT molecular complexity index is 563. The van der Waals surface area contributed by atoms with Crippen molar-refractivity contribution in [2.45, 2.75) is 6.92 Å². The van der Waals surface area contributed by atoms with Crippen LogP contribution < -0.4 is 16.3 Å². The van der Waals surface area contributed by atoms with Crippen molar-refractivity contribution in [2.24, 2.45) is 0 Å². The summed E-state index contributed by atoms with van der Waals surface area (Å²) in [6, 6.07) is 1.78. The Kier molecular flexibility index (Phi) is 1.38. The molecular formula is C10H6O2. The van der Waals surface area contributed by atoms with E-state index in [-0.39, 0.29) is 5.63 Å². The Hall–Kier alpha value is -1.75. The van der Waals surface area contributed by atoms with Gasteiger partial charge >= 0.3 is 5.63 Å². The summed E-state index contributed by atoms with van der Waals surface area (Å²) in [5.74, 6) is 0. The molecule has 2 rings (SSSR count). The quantitative estimate of drug-likeness (QED) is 0.491. The van der Waals surface area contributed by atoms with Crippen LogP contribution in [0.3, 0.4) is 0 Å². The molecule has 58 valence electrons. The standard InChI is InChI=1S/C10H6O2/c1-7-6-8-4-2-3-5-9(8)12-10(7)11/h2,4,6H,1H3. The largest absolute Gasteiger partial charge is 0.413 e. The van der Waals surface area contributed by atoms with Gasteiger partial charge in [-0.25, -0.2) is 4.79 Å². The zero-order chi connectivity index (χ0) is 8.55. The molecule has 2 nitrogen and oxygen atoms in total. The molecule has 1 aromatic heterocycles. The third-order valence-electron chi connectivity index (χ3n) is 1.68. The summed E-state index contributed by atoms with van der Waals surface area (Å²) in [6.07, 6.45) is 3.57. The Morgan fingerprint density at radius 3 is 3.17 bits per heavy atom. The Morgan fingerprint density at radius 1 is 1.50 bits per heavy atom. The molecule has 0 saturated carbocycles. The van der Waals surface area contributed by atoms with Gasteiger partial charge in [0.15, 0.2) is 5.42 Å². The predicted octanol–water partition coefficient (Wildman–Crippen LogP) is -0.167. The van der Waals surface area contributed by atoms with Crippen molar-refractivity contribution in [3.05, 3.63) is 44.5 Å². The first-order valence-electron chi connectivity index (χ1n) is 3.60. The van der Waals surface area contributed by atoms with E-state index in [1.54, 1.807) is 19.1 Å². The van der Waals surface area contributed by atoms with Crippen molar-refractivity contribution in [3.8, 4) is 0 Å². The van der Waals surface area contributed by atoms with Crippen molar-refractivity contribution >= 4 is 11.8 Å². The molecule has 0 atom stereocenters. The highest BCUT2D eigenvalue weighted by Crippen LogP contribution is 1.79. The van der Waals surface area contributed by atoms with E-state index in [0.29, 0.717) is 11.0 Å². The molecule has 1 aliphatic carbocycles.